The predicted molar refractivity (Wildman–Crippen MR) is 152 cm³/mol. The smallest absolute Gasteiger partial charge is 0.328 e. The Morgan fingerprint density at radius 1 is 1.02 bits per heavy atom. The van der Waals surface area contributed by atoms with Gasteiger partial charge in [-0.2, -0.15) is 0 Å². The van der Waals surface area contributed by atoms with Crippen LogP contribution >= 0.6 is 0 Å². The highest BCUT2D eigenvalue weighted by atomic mass is 16.5. The van der Waals surface area contributed by atoms with Crippen LogP contribution in [0.5, 0.6) is 0 Å². The molecule has 0 saturated carbocycles. The van der Waals surface area contributed by atoms with Crippen LogP contribution in [0.15, 0.2) is 30.3 Å². The normalized spacial score (nSPS) is 21.9. The number of fused-ring (bicyclic) bond motifs is 1. The molecular weight excluding hydrogens is 510 g/mol. The molecule has 5 atom stereocenters. The third-order valence-corrected chi connectivity index (χ3v) is 8.06. The molecule has 0 radical (unpaired) electrons. The van der Waals surface area contributed by atoms with Crippen LogP contribution in [-0.4, -0.2) is 84.0 Å². The van der Waals surface area contributed by atoms with Gasteiger partial charge in [-0.15, -0.1) is 0 Å². The van der Waals surface area contributed by atoms with Gasteiger partial charge in [0.1, 0.15) is 12.1 Å². The SMILES string of the molecule is CCCCCC(=O)N1CC[C@@H]2C[C@@H](C(=O)OCC)N(C(=O)[C@@H](C)N[C@H](CCc3ccccc3)C(=O)OCC)[C@H]2C1. The molecule has 2 aliphatic rings. The topological polar surface area (TPSA) is 105 Å². The van der Waals surface area contributed by atoms with E-state index in [9.17, 15) is 19.2 Å². The van der Waals surface area contributed by atoms with Gasteiger partial charge in [0.2, 0.25) is 11.8 Å². The lowest BCUT2D eigenvalue weighted by molar-refractivity contribution is -0.156. The molecule has 2 aliphatic heterocycles. The van der Waals surface area contributed by atoms with Gasteiger partial charge in [0.05, 0.1) is 25.3 Å². The molecule has 0 spiro atoms. The van der Waals surface area contributed by atoms with Crippen LogP contribution in [0.4, 0.5) is 0 Å². The second-order valence-corrected chi connectivity index (χ2v) is 10.9. The molecule has 222 valence electrons. The molecular formula is C31H47N3O6. The highest BCUT2D eigenvalue weighted by Crippen LogP contribution is 2.37. The zero-order chi connectivity index (χ0) is 29.1. The van der Waals surface area contributed by atoms with E-state index in [0.29, 0.717) is 38.8 Å². The maximum absolute atomic E-state index is 14.0. The molecule has 0 aliphatic carbocycles. The third kappa shape index (κ3) is 8.29. The largest absolute Gasteiger partial charge is 0.465 e. The molecule has 0 bridgehead atoms. The number of unbranched alkanes of at least 4 members (excludes halogenated alkanes) is 2. The van der Waals surface area contributed by atoms with Crippen molar-refractivity contribution in [1.29, 1.82) is 0 Å². The van der Waals surface area contributed by atoms with Gasteiger partial charge < -0.3 is 19.3 Å². The quantitative estimate of drug-likeness (QED) is 0.276. The van der Waals surface area contributed by atoms with E-state index in [4.69, 9.17) is 9.47 Å². The Kier molecular flexibility index (Phi) is 12.4. The number of carbonyl (C=O) groups excluding carboxylic acids is 4. The fourth-order valence-electron chi connectivity index (χ4n) is 5.94. The number of aryl methyl sites for hydroxylation is 1. The molecule has 9 heteroatoms. The number of rotatable bonds is 14. The molecule has 0 aromatic heterocycles. The highest BCUT2D eigenvalue weighted by Gasteiger charge is 2.50. The van der Waals surface area contributed by atoms with Crippen molar-refractivity contribution in [3.05, 3.63) is 35.9 Å². The van der Waals surface area contributed by atoms with Gasteiger partial charge in [-0.3, -0.25) is 19.7 Å². The fraction of sp³-hybridized carbons (Fsp3) is 0.677. The number of amides is 2. The average molecular weight is 558 g/mol. The van der Waals surface area contributed by atoms with Crippen molar-refractivity contribution in [2.45, 2.75) is 103 Å². The second-order valence-electron chi connectivity index (χ2n) is 10.9. The Hall–Kier alpha value is -2.94. The maximum Gasteiger partial charge on any atom is 0.328 e. The lowest BCUT2D eigenvalue weighted by atomic mass is 9.91. The number of nitrogens with zero attached hydrogens (tertiary/aromatic N) is 2. The summed E-state index contributed by atoms with van der Waals surface area (Å²) in [6, 6.07) is 7.48. The summed E-state index contributed by atoms with van der Waals surface area (Å²) in [7, 11) is 0. The number of nitrogens with one attached hydrogen (secondary N) is 1. The van der Waals surface area contributed by atoms with E-state index in [2.05, 4.69) is 12.2 Å². The summed E-state index contributed by atoms with van der Waals surface area (Å²) < 4.78 is 10.7. The average Bonchev–Trinajstić information content (AvgIpc) is 3.34. The van der Waals surface area contributed by atoms with E-state index in [0.717, 1.165) is 31.2 Å². The minimum atomic E-state index is -0.739. The van der Waals surface area contributed by atoms with E-state index in [1.54, 1.807) is 25.7 Å². The monoisotopic (exact) mass is 557 g/mol. The van der Waals surface area contributed by atoms with E-state index < -0.39 is 30.1 Å². The van der Waals surface area contributed by atoms with Crippen LogP contribution in [0.1, 0.15) is 78.2 Å². The summed E-state index contributed by atoms with van der Waals surface area (Å²) in [6.45, 7) is 8.87. The molecule has 2 fully saturated rings. The van der Waals surface area contributed by atoms with Crippen molar-refractivity contribution in [2.24, 2.45) is 5.92 Å². The van der Waals surface area contributed by atoms with Crippen LogP contribution in [0.25, 0.3) is 0 Å². The number of hydrogen-bond donors (Lipinski definition) is 1. The number of likely N-dealkylation sites (tertiary alicyclic amines) is 2. The molecule has 9 nitrogen and oxygen atoms in total. The van der Waals surface area contributed by atoms with Crippen molar-refractivity contribution >= 4 is 23.8 Å². The summed E-state index contributed by atoms with van der Waals surface area (Å²) in [4.78, 5) is 56.2. The number of ether oxygens (including phenoxy) is 2. The lowest BCUT2D eigenvalue weighted by Gasteiger charge is -2.40. The lowest BCUT2D eigenvalue weighted by Crippen LogP contribution is -2.59. The highest BCUT2D eigenvalue weighted by molar-refractivity contribution is 5.89. The molecule has 40 heavy (non-hydrogen) atoms. The van der Waals surface area contributed by atoms with E-state index in [1.165, 1.54) is 0 Å². The van der Waals surface area contributed by atoms with Crippen LogP contribution in [0, 0.1) is 5.92 Å². The first-order valence-corrected chi connectivity index (χ1v) is 15.0. The van der Waals surface area contributed by atoms with Gasteiger partial charge in [-0.25, -0.2) is 4.79 Å². The summed E-state index contributed by atoms with van der Waals surface area (Å²) in [5, 5.41) is 3.21. The number of esters is 2. The van der Waals surface area contributed by atoms with Gasteiger partial charge in [0.15, 0.2) is 0 Å². The summed E-state index contributed by atoms with van der Waals surface area (Å²) in [5.41, 5.74) is 1.09. The predicted octanol–water partition coefficient (Wildman–Crippen LogP) is 3.49. The van der Waals surface area contributed by atoms with Crippen molar-refractivity contribution in [3.63, 3.8) is 0 Å². The van der Waals surface area contributed by atoms with Crippen LogP contribution < -0.4 is 5.32 Å². The Balaban J connectivity index is 1.76. The fourth-order valence-corrected chi connectivity index (χ4v) is 5.94. The molecule has 2 heterocycles. The van der Waals surface area contributed by atoms with E-state index >= 15 is 0 Å². The van der Waals surface area contributed by atoms with Gasteiger partial charge in [0.25, 0.3) is 0 Å². The van der Waals surface area contributed by atoms with Crippen molar-refractivity contribution in [3.8, 4) is 0 Å². The standard InChI is InChI=1S/C31H47N3O6/c1-5-8-10-15-28(35)33-19-18-24-20-26(31(38)40-7-3)34(27(24)21-33)29(36)22(4)32-25(30(37)39-6-2)17-16-23-13-11-9-12-14-23/h9,11-14,22,24-27,32H,5-8,10,15-21H2,1-4H3/t22-,24-,25-,26+,27+/m1/s1. The van der Waals surface area contributed by atoms with Gasteiger partial charge >= 0.3 is 11.9 Å². The molecule has 2 amide bonds. The van der Waals surface area contributed by atoms with Gasteiger partial charge in [0, 0.05) is 19.5 Å². The molecule has 0 unspecified atom stereocenters. The summed E-state index contributed by atoms with van der Waals surface area (Å²) >= 11 is 0. The summed E-state index contributed by atoms with van der Waals surface area (Å²) in [5.74, 6) is -0.859. The molecule has 2 saturated heterocycles. The van der Waals surface area contributed by atoms with Crippen molar-refractivity contribution in [1.82, 2.24) is 15.1 Å². The third-order valence-electron chi connectivity index (χ3n) is 8.06. The molecule has 3 rings (SSSR count). The van der Waals surface area contributed by atoms with Crippen molar-refractivity contribution in [2.75, 3.05) is 26.3 Å². The Bertz CT molecular complexity index is 987. The van der Waals surface area contributed by atoms with E-state index in [-0.39, 0.29) is 37.0 Å². The first-order valence-electron chi connectivity index (χ1n) is 15.0. The zero-order valence-corrected chi connectivity index (χ0v) is 24.6. The van der Waals surface area contributed by atoms with Crippen molar-refractivity contribution < 1.29 is 28.7 Å². The van der Waals surface area contributed by atoms with Gasteiger partial charge in [-0.1, -0.05) is 50.1 Å². The van der Waals surface area contributed by atoms with Gasteiger partial charge in [-0.05, 0) is 64.4 Å². The maximum atomic E-state index is 14.0. The Labute approximate surface area is 238 Å². The first kappa shape index (κ1) is 31.6. The minimum Gasteiger partial charge on any atom is -0.465 e. The minimum absolute atomic E-state index is 0.105. The Morgan fingerprint density at radius 3 is 2.42 bits per heavy atom. The molecule has 1 N–H and O–H groups in total. The molecule has 1 aromatic rings. The number of piperidine rings is 1. The zero-order valence-electron chi connectivity index (χ0n) is 24.6. The van der Waals surface area contributed by atoms with E-state index in [1.807, 2.05) is 35.2 Å². The van der Waals surface area contributed by atoms with Crippen LogP contribution in [0.2, 0.25) is 0 Å². The number of hydrogen-bond acceptors (Lipinski definition) is 7. The number of carbonyl (C=O) groups is 4. The first-order chi connectivity index (χ1) is 19.3. The van der Waals surface area contributed by atoms with Crippen LogP contribution in [-0.2, 0) is 35.1 Å². The second kappa shape index (κ2) is 15.7. The number of benzene rings is 1. The summed E-state index contributed by atoms with van der Waals surface area (Å²) in [6.07, 6.45) is 5.79. The Morgan fingerprint density at radius 2 is 1.75 bits per heavy atom. The molecule has 1 aromatic carbocycles. The van der Waals surface area contributed by atoms with Crippen LogP contribution in [0.3, 0.4) is 0 Å².